The average Bonchev–Trinajstić information content (AvgIpc) is 2.80. The van der Waals surface area contributed by atoms with Crippen molar-refractivity contribution in [2.75, 3.05) is 45.4 Å². The van der Waals surface area contributed by atoms with Gasteiger partial charge in [-0.25, -0.2) is 9.97 Å². The molecule has 2 aromatic rings. The van der Waals surface area contributed by atoms with Crippen molar-refractivity contribution >= 4 is 11.7 Å². The predicted molar refractivity (Wildman–Crippen MR) is 120 cm³/mol. The Balaban J connectivity index is 1.57. The number of aryl methyl sites for hydroxylation is 1. The Hall–Kier alpha value is -2.67. The summed E-state index contributed by atoms with van der Waals surface area (Å²) in [5, 5.41) is 0. The fraction of sp³-hybridized carbons (Fsp3) is 0.542. The Morgan fingerprint density at radius 3 is 2.68 bits per heavy atom. The van der Waals surface area contributed by atoms with Gasteiger partial charge in [0.25, 0.3) is 0 Å². The number of carbonyl (C=O) groups excluding carboxylic acids is 1. The predicted octanol–water partition coefficient (Wildman–Crippen LogP) is 3.10. The van der Waals surface area contributed by atoms with Crippen molar-refractivity contribution in [3.63, 3.8) is 0 Å². The molecule has 31 heavy (non-hydrogen) atoms. The highest BCUT2D eigenvalue weighted by Crippen LogP contribution is 2.32. The number of likely N-dealkylation sites (tertiary alicyclic amines) is 1. The molecule has 0 N–H and O–H groups in total. The molecule has 166 valence electrons. The first-order valence-electron chi connectivity index (χ1n) is 11.1. The average molecular weight is 425 g/mol. The SMILES string of the molecule is COCC(=O)N1CCC[C@H](c2nc(C)c3c(n2)N(Cc2ccc(OC)cc2)CCC3)C1. The Morgan fingerprint density at radius 1 is 1.13 bits per heavy atom. The quantitative estimate of drug-likeness (QED) is 0.710. The van der Waals surface area contributed by atoms with Crippen LogP contribution in [0.15, 0.2) is 24.3 Å². The summed E-state index contributed by atoms with van der Waals surface area (Å²) < 4.78 is 10.3. The van der Waals surface area contributed by atoms with Crippen LogP contribution >= 0.6 is 0 Å². The third-order valence-corrected chi connectivity index (χ3v) is 6.30. The number of nitrogens with zero attached hydrogens (tertiary/aromatic N) is 4. The highest BCUT2D eigenvalue weighted by Gasteiger charge is 2.29. The van der Waals surface area contributed by atoms with E-state index in [1.165, 1.54) is 11.1 Å². The number of ether oxygens (including phenoxy) is 2. The molecule has 2 aliphatic rings. The Bertz CT molecular complexity index is 916. The maximum atomic E-state index is 12.3. The number of hydrogen-bond acceptors (Lipinski definition) is 6. The van der Waals surface area contributed by atoms with Crippen molar-refractivity contribution in [1.82, 2.24) is 14.9 Å². The molecule has 0 aliphatic carbocycles. The summed E-state index contributed by atoms with van der Waals surface area (Å²) in [4.78, 5) is 26.5. The van der Waals surface area contributed by atoms with E-state index in [1.807, 2.05) is 17.0 Å². The number of aromatic nitrogens is 2. The first-order chi connectivity index (χ1) is 15.1. The summed E-state index contributed by atoms with van der Waals surface area (Å²) in [7, 11) is 3.25. The number of benzene rings is 1. The number of piperidine rings is 1. The molecule has 0 bridgehead atoms. The number of hydrogen-bond donors (Lipinski definition) is 0. The lowest BCUT2D eigenvalue weighted by Gasteiger charge is -2.34. The van der Waals surface area contributed by atoms with Gasteiger partial charge in [-0.2, -0.15) is 0 Å². The Kier molecular flexibility index (Phi) is 6.70. The summed E-state index contributed by atoms with van der Waals surface area (Å²) >= 11 is 0. The zero-order chi connectivity index (χ0) is 21.8. The van der Waals surface area contributed by atoms with Crippen LogP contribution in [0.3, 0.4) is 0 Å². The van der Waals surface area contributed by atoms with Crippen LogP contribution in [0.1, 0.15) is 47.8 Å². The molecule has 3 heterocycles. The summed E-state index contributed by atoms with van der Waals surface area (Å²) in [5.41, 5.74) is 3.56. The second-order valence-corrected chi connectivity index (χ2v) is 8.45. The van der Waals surface area contributed by atoms with E-state index in [9.17, 15) is 4.79 Å². The number of amides is 1. The van der Waals surface area contributed by atoms with Gasteiger partial charge in [0.2, 0.25) is 5.91 Å². The van der Waals surface area contributed by atoms with E-state index in [0.29, 0.717) is 6.54 Å². The topological polar surface area (TPSA) is 67.8 Å². The first kappa shape index (κ1) is 21.6. The van der Waals surface area contributed by atoms with Crippen LogP contribution in [0.25, 0.3) is 0 Å². The number of anilines is 1. The maximum absolute atomic E-state index is 12.3. The highest BCUT2D eigenvalue weighted by molar-refractivity contribution is 5.77. The minimum atomic E-state index is 0.0445. The van der Waals surface area contributed by atoms with Crippen LogP contribution in [0, 0.1) is 6.92 Å². The second kappa shape index (κ2) is 9.64. The number of rotatable bonds is 6. The zero-order valence-corrected chi connectivity index (χ0v) is 18.8. The van der Waals surface area contributed by atoms with Crippen LogP contribution < -0.4 is 9.64 Å². The standard InChI is InChI=1S/C24H32N4O3/c1-17-21-7-5-13-28(14-18-8-10-20(31-3)11-9-18)24(21)26-23(25-17)19-6-4-12-27(15-19)22(29)16-30-2/h8-11,19H,4-7,12-16H2,1-3H3/t19-/m0/s1. The third-order valence-electron chi connectivity index (χ3n) is 6.30. The molecule has 7 heteroatoms. The van der Waals surface area contributed by atoms with Gasteiger partial charge in [-0.1, -0.05) is 12.1 Å². The first-order valence-corrected chi connectivity index (χ1v) is 11.1. The lowest BCUT2D eigenvalue weighted by Crippen LogP contribution is -2.41. The van der Waals surface area contributed by atoms with Crippen LogP contribution in [0.4, 0.5) is 5.82 Å². The van der Waals surface area contributed by atoms with Gasteiger partial charge in [0.05, 0.1) is 7.11 Å². The van der Waals surface area contributed by atoms with Gasteiger partial charge in [0.15, 0.2) is 0 Å². The molecule has 1 amide bonds. The molecule has 0 saturated carbocycles. The molecule has 1 aromatic heterocycles. The Morgan fingerprint density at radius 2 is 1.94 bits per heavy atom. The maximum Gasteiger partial charge on any atom is 0.248 e. The molecule has 4 rings (SSSR count). The fourth-order valence-corrected chi connectivity index (χ4v) is 4.63. The van der Waals surface area contributed by atoms with Gasteiger partial charge >= 0.3 is 0 Å². The van der Waals surface area contributed by atoms with E-state index >= 15 is 0 Å². The van der Waals surface area contributed by atoms with Gasteiger partial charge in [0.1, 0.15) is 24.0 Å². The third kappa shape index (κ3) is 4.82. The largest absolute Gasteiger partial charge is 0.497 e. The fourth-order valence-electron chi connectivity index (χ4n) is 4.63. The van der Waals surface area contributed by atoms with Crippen molar-refractivity contribution in [2.24, 2.45) is 0 Å². The van der Waals surface area contributed by atoms with E-state index < -0.39 is 0 Å². The van der Waals surface area contributed by atoms with E-state index in [2.05, 4.69) is 24.0 Å². The van der Waals surface area contributed by atoms with Crippen LogP contribution in [-0.4, -0.2) is 61.2 Å². The van der Waals surface area contributed by atoms with Crippen LogP contribution in [0.2, 0.25) is 0 Å². The Labute approximate surface area is 184 Å². The number of carbonyl (C=O) groups is 1. The van der Waals surface area contributed by atoms with Crippen molar-refractivity contribution in [3.05, 3.63) is 46.9 Å². The van der Waals surface area contributed by atoms with Gasteiger partial charge in [0, 0.05) is 50.5 Å². The number of fused-ring (bicyclic) bond motifs is 1. The summed E-state index contributed by atoms with van der Waals surface area (Å²) in [6.45, 7) is 5.48. The van der Waals surface area contributed by atoms with Crippen LogP contribution in [-0.2, 0) is 22.5 Å². The molecular formula is C24H32N4O3. The molecular weight excluding hydrogens is 392 g/mol. The second-order valence-electron chi connectivity index (χ2n) is 8.45. The van der Waals surface area contributed by atoms with Crippen molar-refractivity contribution < 1.29 is 14.3 Å². The van der Waals surface area contributed by atoms with Crippen molar-refractivity contribution in [2.45, 2.75) is 45.1 Å². The molecule has 0 unspecified atom stereocenters. The van der Waals surface area contributed by atoms with Gasteiger partial charge in [-0.3, -0.25) is 4.79 Å². The molecule has 0 radical (unpaired) electrons. The lowest BCUT2D eigenvalue weighted by molar-refractivity contribution is -0.136. The molecule has 1 saturated heterocycles. The lowest BCUT2D eigenvalue weighted by atomic mass is 9.96. The molecule has 1 atom stereocenters. The van der Waals surface area contributed by atoms with Crippen molar-refractivity contribution in [3.8, 4) is 5.75 Å². The molecule has 0 spiro atoms. The highest BCUT2D eigenvalue weighted by atomic mass is 16.5. The molecule has 2 aliphatic heterocycles. The number of methoxy groups -OCH3 is 2. The van der Waals surface area contributed by atoms with Gasteiger partial charge in [-0.05, 0) is 50.3 Å². The molecule has 1 fully saturated rings. The summed E-state index contributed by atoms with van der Waals surface area (Å²) in [6, 6.07) is 8.24. The van der Waals surface area contributed by atoms with Gasteiger partial charge < -0.3 is 19.3 Å². The van der Waals surface area contributed by atoms with E-state index in [-0.39, 0.29) is 18.4 Å². The van der Waals surface area contributed by atoms with E-state index in [0.717, 1.165) is 68.4 Å². The minimum Gasteiger partial charge on any atom is -0.497 e. The normalized spacial score (nSPS) is 18.6. The van der Waals surface area contributed by atoms with Gasteiger partial charge in [-0.15, -0.1) is 0 Å². The van der Waals surface area contributed by atoms with E-state index in [1.54, 1.807) is 14.2 Å². The van der Waals surface area contributed by atoms with Crippen LogP contribution in [0.5, 0.6) is 5.75 Å². The zero-order valence-electron chi connectivity index (χ0n) is 18.8. The summed E-state index contributed by atoms with van der Waals surface area (Å²) in [5.74, 6) is 3.01. The molecule has 7 nitrogen and oxygen atoms in total. The van der Waals surface area contributed by atoms with E-state index in [4.69, 9.17) is 19.4 Å². The summed E-state index contributed by atoms with van der Waals surface area (Å²) in [6.07, 6.45) is 4.10. The smallest absolute Gasteiger partial charge is 0.248 e. The minimum absolute atomic E-state index is 0.0445. The monoisotopic (exact) mass is 424 g/mol. The van der Waals surface area contributed by atoms with Crippen molar-refractivity contribution in [1.29, 1.82) is 0 Å². The molecule has 1 aromatic carbocycles.